The first-order valence-corrected chi connectivity index (χ1v) is 11.2. The van der Waals surface area contributed by atoms with E-state index in [2.05, 4.69) is 15.7 Å². The maximum absolute atomic E-state index is 14.9. The Kier molecular flexibility index (Phi) is 7.06. The van der Waals surface area contributed by atoms with Gasteiger partial charge >= 0.3 is 0 Å². The van der Waals surface area contributed by atoms with Gasteiger partial charge in [-0.1, -0.05) is 6.07 Å². The second-order valence-electron chi connectivity index (χ2n) is 8.26. The van der Waals surface area contributed by atoms with Crippen molar-refractivity contribution in [3.63, 3.8) is 0 Å². The summed E-state index contributed by atoms with van der Waals surface area (Å²) in [5, 5.41) is 17.1. The van der Waals surface area contributed by atoms with Crippen LogP contribution in [0, 0.1) is 22.9 Å². The molecule has 1 aliphatic heterocycles. The van der Waals surface area contributed by atoms with Gasteiger partial charge in [0.1, 0.15) is 17.2 Å². The predicted octanol–water partition coefficient (Wildman–Crippen LogP) is 2.87. The Morgan fingerprint density at radius 3 is 2.39 bits per heavy atom. The summed E-state index contributed by atoms with van der Waals surface area (Å²) in [4.78, 5) is 27.3. The van der Waals surface area contributed by atoms with Gasteiger partial charge in [0.25, 0.3) is 11.5 Å². The van der Waals surface area contributed by atoms with Crippen LogP contribution in [0.2, 0.25) is 0 Å². The Labute approximate surface area is 204 Å². The average molecular weight is 499 g/mol. The van der Waals surface area contributed by atoms with E-state index in [-0.39, 0.29) is 28.7 Å². The van der Waals surface area contributed by atoms with Crippen molar-refractivity contribution in [1.82, 2.24) is 9.78 Å². The Morgan fingerprint density at radius 1 is 1.11 bits per heavy atom. The Hall–Kier alpha value is -4.19. The number of benzene rings is 2. The monoisotopic (exact) mass is 499 g/mol. The molecular formula is C24H24F3N7O2. The Balaban J connectivity index is 1.77. The van der Waals surface area contributed by atoms with Crippen LogP contribution in [0.3, 0.4) is 0 Å². The van der Waals surface area contributed by atoms with Crippen molar-refractivity contribution in [3.8, 4) is 5.69 Å². The third kappa shape index (κ3) is 4.67. The molecule has 2 heterocycles. The smallest absolute Gasteiger partial charge is 0.276 e. The first-order chi connectivity index (χ1) is 17.2. The minimum atomic E-state index is -1.03. The summed E-state index contributed by atoms with van der Waals surface area (Å²) in [6.07, 6.45) is 2.32. The van der Waals surface area contributed by atoms with E-state index in [1.54, 1.807) is 0 Å². The lowest BCUT2D eigenvalue weighted by atomic mass is 10.0. The first kappa shape index (κ1) is 24.9. The molecule has 36 heavy (non-hydrogen) atoms. The number of rotatable bonds is 6. The molecule has 1 saturated heterocycles. The molecule has 1 amide bonds. The van der Waals surface area contributed by atoms with Crippen molar-refractivity contribution in [2.75, 3.05) is 35.7 Å². The first-order valence-electron chi connectivity index (χ1n) is 11.2. The number of amides is 1. The normalized spacial score (nSPS) is 14.0. The lowest BCUT2D eigenvalue weighted by molar-refractivity contribution is 0.102. The van der Waals surface area contributed by atoms with Crippen LogP contribution in [-0.4, -0.2) is 48.1 Å². The van der Waals surface area contributed by atoms with Crippen molar-refractivity contribution in [2.24, 2.45) is 5.73 Å². The molecule has 188 valence electrons. The molecule has 0 aliphatic carbocycles. The molecule has 1 aliphatic rings. The number of nitrogens with two attached hydrogens (primary N) is 1. The van der Waals surface area contributed by atoms with Gasteiger partial charge in [0.05, 0.1) is 17.1 Å². The number of nitrogens with one attached hydrogen (secondary N) is 3. The topological polar surface area (TPSA) is 129 Å². The van der Waals surface area contributed by atoms with E-state index >= 15 is 0 Å². The molecule has 4 rings (SSSR count). The van der Waals surface area contributed by atoms with Crippen LogP contribution in [0.5, 0.6) is 0 Å². The molecule has 0 radical (unpaired) electrons. The van der Waals surface area contributed by atoms with Crippen molar-refractivity contribution in [1.29, 1.82) is 5.41 Å². The van der Waals surface area contributed by atoms with Crippen LogP contribution in [0.25, 0.3) is 5.69 Å². The van der Waals surface area contributed by atoms with Crippen LogP contribution in [0.1, 0.15) is 28.9 Å². The maximum atomic E-state index is 14.9. The lowest BCUT2D eigenvalue weighted by Crippen LogP contribution is -2.40. The number of carbonyl (C=O) groups is 1. The van der Waals surface area contributed by atoms with E-state index in [4.69, 9.17) is 11.1 Å². The molecule has 1 fully saturated rings. The molecule has 0 spiro atoms. The third-order valence-electron chi connectivity index (χ3n) is 5.97. The minimum Gasteiger partial charge on any atom is -0.385 e. The third-order valence-corrected chi connectivity index (χ3v) is 5.97. The molecule has 2 aromatic carbocycles. The SMILES string of the molecule is CNc1c(F)cc(NC(=O)c2ccc(=O)n(-c3c(F)cccc3F)n2)c(N2CCC(N)CC2)c1C=N. The summed E-state index contributed by atoms with van der Waals surface area (Å²) in [7, 11) is 1.52. The number of hydrogen-bond acceptors (Lipinski definition) is 7. The fraction of sp³-hybridized carbons (Fsp3) is 0.250. The molecule has 0 unspecified atom stereocenters. The summed E-state index contributed by atoms with van der Waals surface area (Å²) >= 11 is 0. The average Bonchev–Trinajstić information content (AvgIpc) is 2.85. The molecule has 3 aromatic rings. The summed E-state index contributed by atoms with van der Waals surface area (Å²) in [5.74, 6) is -3.61. The molecule has 0 saturated carbocycles. The van der Waals surface area contributed by atoms with E-state index in [0.717, 1.165) is 42.6 Å². The summed E-state index contributed by atoms with van der Waals surface area (Å²) in [5.41, 5.74) is 4.92. The van der Waals surface area contributed by atoms with Gasteiger partial charge in [-0.15, -0.1) is 0 Å². The van der Waals surface area contributed by atoms with Gasteiger partial charge in [-0.2, -0.15) is 9.78 Å². The van der Waals surface area contributed by atoms with Gasteiger partial charge in [-0.05, 0) is 31.0 Å². The van der Waals surface area contributed by atoms with Gasteiger partial charge in [0, 0.05) is 50.1 Å². The molecule has 0 atom stereocenters. The number of para-hydroxylation sites is 1. The van der Waals surface area contributed by atoms with Gasteiger partial charge in [0.2, 0.25) is 0 Å². The highest BCUT2D eigenvalue weighted by atomic mass is 19.1. The van der Waals surface area contributed by atoms with E-state index < -0.39 is 34.6 Å². The predicted molar refractivity (Wildman–Crippen MR) is 131 cm³/mol. The van der Waals surface area contributed by atoms with Gasteiger partial charge < -0.3 is 26.7 Å². The summed E-state index contributed by atoms with van der Waals surface area (Å²) in [6.45, 7) is 1.05. The summed E-state index contributed by atoms with van der Waals surface area (Å²) in [6, 6.07) is 6.23. The number of nitrogens with zero attached hydrogens (tertiary/aromatic N) is 3. The zero-order valence-corrected chi connectivity index (χ0v) is 19.3. The largest absolute Gasteiger partial charge is 0.385 e. The number of carbonyl (C=O) groups excluding carboxylic acids is 1. The highest BCUT2D eigenvalue weighted by Crippen LogP contribution is 2.38. The number of halogens is 3. The van der Waals surface area contributed by atoms with Gasteiger partial charge in [0.15, 0.2) is 11.6 Å². The summed E-state index contributed by atoms with van der Waals surface area (Å²) < 4.78 is 43.9. The quantitative estimate of drug-likeness (QED) is 0.386. The van der Waals surface area contributed by atoms with Crippen LogP contribution < -0.4 is 26.8 Å². The highest BCUT2D eigenvalue weighted by Gasteiger charge is 2.26. The second-order valence-corrected chi connectivity index (χ2v) is 8.26. The molecule has 1 aromatic heterocycles. The lowest BCUT2D eigenvalue weighted by Gasteiger charge is -2.35. The fourth-order valence-electron chi connectivity index (χ4n) is 4.18. The van der Waals surface area contributed by atoms with Gasteiger partial charge in [-0.25, -0.2) is 13.2 Å². The van der Waals surface area contributed by atoms with Crippen molar-refractivity contribution >= 4 is 29.2 Å². The Bertz CT molecular complexity index is 1360. The standard InChI is InChI=1S/C24H24F3N7O2/c1-30-21-14(12-28)22(33-9-7-13(29)8-10-33)19(11-17(21)27)31-24(36)18-5-6-20(35)34(32-18)23-15(25)3-2-4-16(23)26/h2-6,11-13,28,30H,7-10,29H2,1H3,(H,31,36). The van der Waals surface area contributed by atoms with Crippen molar-refractivity contribution in [3.05, 3.63) is 75.5 Å². The van der Waals surface area contributed by atoms with Crippen LogP contribution in [-0.2, 0) is 0 Å². The van der Waals surface area contributed by atoms with E-state index in [9.17, 15) is 22.8 Å². The maximum Gasteiger partial charge on any atom is 0.276 e. The molecular weight excluding hydrogens is 475 g/mol. The van der Waals surface area contributed by atoms with E-state index in [0.29, 0.717) is 36.3 Å². The molecule has 0 bridgehead atoms. The van der Waals surface area contributed by atoms with E-state index in [1.807, 2.05) is 4.90 Å². The highest BCUT2D eigenvalue weighted by molar-refractivity contribution is 6.08. The van der Waals surface area contributed by atoms with Crippen LogP contribution >= 0.6 is 0 Å². The number of hydrogen-bond donors (Lipinski definition) is 4. The molecule has 9 nitrogen and oxygen atoms in total. The number of anilines is 3. The van der Waals surface area contributed by atoms with Crippen LogP contribution in [0.4, 0.5) is 30.2 Å². The van der Waals surface area contributed by atoms with Crippen LogP contribution in [0.15, 0.2) is 41.2 Å². The van der Waals surface area contributed by atoms with Crippen molar-refractivity contribution in [2.45, 2.75) is 18.9 Å². The number of aromatic nitrogens is 2. The molecule has 5 N–H and O–H groups in total. The Morgan fingerprint density at radius 2 is 1.78 bits per heavy atom. The fourth-order valence-corrected chi connectivity index (χ4v) is 4.18. The van der Waals surface area contributed by atoms with Crippen molar-refractivity contribution < 1.29 is 18.0 Å². The second kappa shape index (κ2) is 10.2. The number of piperidine rings is 1. The zero-order valence-electron chi connectivity index (χ0n) is 19.3. The minimum absolute atomic E-state index is 0.0102. The van der Waals surface area contributed by atoms with E-state index in [1.165, 1.54) is 7.05 Å². The zero-order chi connectivity index (χ0) is 26.0. The molecule has 12 heteroatoms. The van der Waals surface area contributed by atoms with Gasteiger partial charge in [-0.3, -0.25) is 9.59 Å².